The fraction of sp³-hybridized carbons (Fsp3) is 0.650. The summed E-state index contributed by atoms with van der Waals surface area (Å²) in [5.74, 6) is 1.49. The van der Waals surface area contributed by atoms with E-state index in [4.69, 9.17) is 0 Å². The monoisotopic (exact) mass is 551 g/mol. The van der Waals surface area contributed by atoms with Gasteiger partial charge in [0.05, 0.1) is 0 Å². The number of hydrogen-bond donors (Lipinski definition) is 2. The molecule has 27 heavy (non-hydrogen) atoms. The average molecular weight is 552 g/mol. The summed E-state index contributed by atoms with van der Waals surface area (Å²) in [6.07, 6.45) is 2.22. The Balaban J connectivity index is 0.00000364. The van der Waals surface area contributed by atoms with E-state index < -0.39 is 0 Å². The van der Waals surface area contributed by atoms with Crippen LogP contribution in [0.15, 0.2) is 33.7 Å². The van der Waals surface area contributed by atoms with Crippen molar-refractivity contribution >= 4 is 45.9 Å². The number of guanidine groups is 1. The van der Waals surface area contributed by atoms with Gasteiger partial charge in [0.25, 0.3) is 0 Å². The lowest BCUT2D eigenvalue weighted by Crippen LogP contribution is -2.55. The molecule has 2 unspecified atom stereocenters. The lowest BCUT2D eigenvalue weighted by Gasteiger charge is -2.38. The molecular formula is C20H35BrIN5. The van der Waals surface area contributed by atoms with E-state index in [1.54, 1.807) is 0 Å². The lowest BCUT2D eigenvalue weighted by molar-refractivity contribution is 0.116. The maximum Gasteiger partial charge on any atom is 0.191 e. The van der Waals surface area contributed by atoms with E-state index >= 15 is 0 Å². The average Bonchev–Trinajstić information content (AvgIpc) is 2.63. The Hall–Kier alpha value is -0.380. The summed E-state index contributed by atoms with van der Waals surface area (Å²) in [7, 11) is 6.25. The Labute approximate surface area is 190 Å². The van der Waals surface area contributed by atoms with Crippen molar-refractivity contribution in [2.75, 3.05) is 53.9 Å². The van der Waals surface area contributed by atoms with Crippen molar-refractivity contribution in [2.45, 2.75) is 25.8 Å². The van der Waals surface area contributed by atoms with Gasteiger partial charge in [-0.3, -0.25) is 9.89 Å². The highest BCUT2D eigenvalue weighted by molar-refractivity contribution is 14.0. The minimum Gasteiger partial charge on any atom is -0.356 e. The molecule has 1 fully saturated rings. The maximum absolute atomic E-state index is 4.40. The van der Waals surface area contributed by atoms with Crippen LogP contribution in [-0.2, 0) is 6.42 Å². The van der Waals surface area contributed by atoms with Gasteiger partial charge in [0.2, 0.25) is 0 Å². The first-order chi connectivity index (χ1) is 12.5. The van der Waals surface area contributed by atoms with Crippen molar-refractivity contribution in [3.63, 3.8) is 0 Å². The fourth-order valence-corrected chi connectivity index (χ4v) is 3.80. The van der Waals surface area contributed by atoms with E-state index in [1.807, 2.05) is 7.05 Å². The van der Waals surface area contributed by atoms with Crippen molar-refractivity contribution in [1.82, 2.24) is 20.4 Å². The second-order valence-electron chi connectivity index (χ2n) is 7.34. The number of likely N-dealkylation sites (N-methyl/N-ethyl adjacent to an activating group) is 2. The Morgan fingerprint density at radius 1 is 1.30 bits per heavy atom. The number of nitrogens with zero attached hydrogens (tertiary/aromatic N) is 3. The van der Waals surface area contributed by atoms with Crippen LogP contribution in [0.1, 0.15) is 18.9 Å². The molecule has 0 radical (unpaired) electrons. The lowest BCUT2D eigenvalue weighted by atomic mass is 9.97. The van der Waals surface area contributed by atoms with Crippen molar-refractivity contribution in [3.05, 3.63) is 34.3 Å². The third kappa shape index (κ3) is 8.66. The van der Waals surface area contributed by atoms with Crippen LogP contribution in [0.3, 0.4) is 0 Å². The van der Waals surface area contributed by atoms with Crippen LogP contribution >= 0.6 is 39.9 Å². The van der Waals surface area contributed by atoms with E-state index in [-0.39, 0.29) is 24.0 Å². The molecular weight excluding hydrogens is 517 g/mol. The minimum absolute atomic E-state index is 0. The smallest absolute Gasteiger partial charge is 0.191 e. The summed E-state index contributed by atoms with van der Waals surface area (Å²) in [6, 6.07) is 9.13. The molecule has 1 aromatic carbocycles. The molecule has 0 amide bonds. The molecule has 1 heterocycles. The third-order valence-electron chi connectivity index (χ3n) is 5.26. The Bertz CT molecular complexity index is 583. The molecule has 1 aliphatic heterocycles. The normalized spacial score (nSPS) is 20.0. The molecule has 7 heteroatoms. The van der Waals surface area contributed by atoms with Crippen LogP contribution in [0.5, 0.6) is 0 Å². The summed E-state index contributed by atoms with van der Waals surface area (Å²) in [5.41, 5.74) is 1.38. The number of rotatable bonds is 7. The van der Waals surface area contributed by atoms with Gasteiger partial charge in [0.15, 0.2) is 5.96 Å². The summed E-state index contributed by atoms with van der Waals surface area (Å²) >= 11 is 3.56. The Kier molecular flexibility index (Phi) is 11.8. The number of halogens is 2. The Morgan fingerprint density at radius 3 is 2.74 bits per heavy atom. The second-order valence-corrected chi connectivity index (χ2v) is 8.25. The quantitative estimate of drug-likeness (QED) is 0.310. The van der Waals surface area contributed by atoms with E-state index in [0.29, 0.717) is 12.0 Å². The predicted octanol–water partition coefficient (Wildman–Crippen LogP) is 3.05. The second kappa shape index (κ2) is 13.0. The van der Waals surface area contributed by atoms with Crippen molar-refractivity contribution in [2.24, 2.45) is 10.9 Å². The summed E-state index contributed by atoms with van der Waals surface area (Å²) in [4.78, 5) is 9.23. The maximum atomic E-state index is 4.40. The van der Waals surface area contributed by atoms with Gasteiger partial charge in [-0.05, 0) is 44.1 Å². The third-order valence-corrected chi connectivity index (χ3v) is 5.75. The highest BCUT2D eigenvalue weighted by atomic mass is 127. The molecule has 5 nitrogen and oxygen atoms in total. The van der Waals surface area contributed by atoms with Crippen LogP contribution < -0.4 is 10.6 Å². The first-order valence-electron chi connectivity index (χ1n) is 9.59. The van der Waals surface area contributed by atoms with Gasteiger partial charge >= 0.3 is 0 Å². The van der Waals surface area contributed by atoms with Crippen LogP contribution in [0.2, 0.25) is 0 Å². The molecule has 0 aromatic heterocycles. The molecule has 0 spiro atoms. The van der Waals surface area contributed by atoms with Crippen LogP contribution in [0, 0.1) is 5.92 Å². The number of nitrogens with one attached hydrogen (secondary N) is 2. The number of aliphatic imine (C=N–C) groups is 1. The van der Waals surface area contributed by atoms with Gasteiger partial charge in [-0.15, -0.1) is 24.0 Å². The first kappa shape index (κ1) is 24.7. The van der Waals surface area contributed by atoms with Crippen LogP contribution in [0.25, 0.3) is 0 Å². The first-order valence-corrected chi connectivity index (χ1v) is 10.4. The van der Waals surface area contributed by atoms with Crippen molar-refractivity contribution < 1.29 is 0 Å². The zero-order chi connectivity index (χ0) is 18.9. The van der Waals surface area contributed by atoms with Gasteiger partial charge in [0.1, 0.15) is 0 Å². The molecule has 0 saturated carbocycles. The molecule has 154 valence electrons. The minimum atomic E-state index is 0. The molecule has 2 rings (SSSR count). The zero-order valence-electron chi connectivity index (χ0n) is 17.0. The van der Waals surface area contributed by atoms with Gasteiger partial charge in [0, 0.05) is 50.3 Å². The van der Waals surface area contributed by atoms with Crippen LogP contribution in [-0.4, -0.2) is 75.7 Å². The van der Waals surface area contributed by atoms with Crippen molar-refractivity contribution in [1.29, 1.82) is 0 Å². The fourth-order valence-electron chi connectivity index (χ4n) is 3.36. The molecule has 1 aliphatic rings. The van der Waals surface area contributed by atoms with E-state index in [9.17, 15) is 0 Å². The molecule has 2 atom stereocenters. The zero-order valence-corrected chi connectivity index (χ0v) is 21.0. The predicted molar refractivity (Wildman–Crippen MR) is 130 cm³/mol. The molecule has 0 bridgehead atoms. The van der Waals surface area contributed by atoms with E-state index in [2.05, 4.69) is 86.6 Å². The summed E-state index contributed by atoms with van der Waals surface area (Å²) in [6.45, 7) is 7.48. The summed E-state index contributed by atoms with van der Waals surface area (Å²) in [5, 5.41) is 7.02. The standard InChI is InChI=1S/C20H34BrN5.HI/c1-5-16(11-17-7-6-8-18(21)12-17)13-23-20(22-2)24-14-19-15-25(3)9-10-26(19)4;/h6-8,12,16,19H,5,9-11,13-15H2,1-4H3,(H2,22,23,24);1H. The SMILES string of the molecule is CCC(CNC(=NC)NCC1CN(C)CCN1C)Cc1cccc(Br)c1.I. The van der Waals surface area contributed by atoms with Gasteiger partial charge in [-0.1, -0.05) is 41.4 Å². The topological polar surface area (TPSA) is 42.9 Å². The molecule has 1 saturated heterocycles. The Morgan fingerprint density at radius 2 is 2.07 bits per heavy atom. The molecule has 0 aliphatic carbocycles. The van der Waals surface area contributed by atoms with Gasteiger partial charge < -0.3 is 15.5 Å². The van der Waals surface area contributed by atoms with Crippen LogP contribution in [0.4, 0.5) is 0 Å². The largest absolute Gasteiger partial charge is 0.356 e. The summed E-state index contributed by atoms with van der Waals surface area (Å²) < 4.78 is 1.15. The molecule has 2 N–H and O–H groups in total. The van der Waals surface area contributed by atoms with E-state index in [1.165, 1.54) is 5.56 Å². The highest BCUT2D eigenvalue weighted by Gasteiger charge is 2.22. The molecule has 1 aromatic rings. The highest BCUT2D eigenvalue weighted by Crippen LogP contribution is 2.16. The van der Waals surface area contributed by atoms with Crippen molar-refractivity contribution in [3.8, 4) is 0 Å². The van der Waals surface area contributed by atoms with Gasteiger partial charge in [-0.25, -0.2) is 0 Å². The van der Waals surface area contributed by atoms with E-state index in [0.717, 1.165) is 56.0 Å². The number of benzene rings is 1. The number of piperazine rings is 1. The van der Waals surface area contributed by atoms with Gasteiger partial charge in [-0.2, -0.15) is 0 Å². The number of hydrogen-bond acceptors (Lipinski definition) is 3.